The molecule has 0 aromatic heterocycles. The van der Waals surface area contributed by atoms with Crippen LogP contribution in [-0.2, 0) is 4.79 Å². The van der Waals surface area contributed by atoms with E-state index in [-0.39, 0.29) is 17.2 Å². The topological polar surface area (TPSA) is 78.9 Å². The highest BCUT2D eigenvalue weighted by Crippen LogP contribution is 2.17. The average molecular weight is 215 g/mol. The molecule has 0 aromatic rings. The van der Waals surface area contributed by atoms with Gasteiger partial charge in [0.05, 0.1) is 0 Å². The highest BCUT2D eigenvalue weighted by atomic mass is 16.4. The quantitative estimate of drug-likeness (QED) is 0.318. The van der Waals surface area contributed by atoms with Gasteiger partial charge in [-0.2, -0.15) is 0 Å². The molecule has 5 nitrogen and oxygen atoms in total. The number of rotatable bonds is 4. The molecule has 5 heteroatoms. The van der Waals surface area contributed by atoms with Gasteiger partial charge in [-0.25, -0.2) is 0 Å². The van der Waals surface area contributed by atoms with Crippen molar-refractivity contribution >= 4 is 11.7 Å². The monoisotopic (exact) mass is 215 g/mol. The van der Waals surface area contributed by atoms with Gasteiger partial charge in [0.1, 0.15) is 5.84 Å². The minimum absolute atomic E-state index is 0.0794. The van der Waals surface area contributed by atoms with Gasteiger partial charge in [0.2, 0.25) is 5.91 Å². The maximum Gasteiger partial charge on any atom is 0.227 e. The van der Waals surface area contributed by atoms with E-state index in [9.17, 15) is 4.79 Å². The van der Waals surface area contributed by atoms with Gasteiger partial charge < -0.3 is 15.8 Å². The van der Waals surface area contributed by atoms with Crippen LogP contribution in [0, 0.1) is 5.41 Å². The molecule has 0 aliphatic rings. The summed E-state index contributed by atoms with van der Waals surface area (Å²) in [6.45, 7) is 8.66. The Hall–Kier alpha value is -1.26. The molecule has 0 fully saturated rings. The molecule has 0 aliphatic heterocycles. The van der Waals surface area contributed by atoms with Crippen LogP contribution in [0.1, 0.15) is 34.1 Å². The minimum Gasteiger partial charge on any atom is -0.409 e. The van der Waals surface area contributed by atoms with Gasteiger partial charge in [-0.05, 0) is 6.92 Å². The van der Waals surface area contributed by atoms with Gasteiger partial charge in [0.15, 0.2) is 0 Å². The summed E-state index contributed by atoms with van der Waals surface area (Å²) in [6.07, 6.45) is 0.395. The molecule has 0 bridgehead atoms. The molecular formula is C10H21N3O2. The number of oxime groups is 1. The first-order chi connectivity index (χ1) is 6.82. The van der Waals surface area contributed by atoms with E-state index >= 15 is 0 Å². The number of hydrogen-bond acceptors (Lipinski definition) is 3. The van der Waals surface area contributed by atoms with Crippen molar-refractivity contribution in [2.24, 2.45) is 16.3 Å². The van der Waals surface area contributed by atoms with Crippen LogP contribution in [0.25, 0.3) is 0 Å². The molecule has 0 rings (SSSR count). The van der Waals surface area contributed by atoms with Crippen molar-refractivity contribution in [3.05, 3.63) is 0 Å². The zero-order chi connectivity index (χ0) is 12.1. The normalized spacial score (nSPS) is 12.7. The third-order valence-corrected chi connectivity index (χ3v) is 2.08. The molecule has 0 spiro atoms. The lowest BCUT2D eigenvalue weighted by molar-refractivity contribution is -0.139. The predicted octanol–water partition coefficient (Wildman–Crippen LogP) is 1.02. The number of nitrogens with two attached hydrogens (primary N) is 1. The van der Waals surface area contributed by atoms with Crippen LogP contribution in [0.15, 0.2) is 5.16 Å². The van der Waals surface area contributed by atoms with E-state index in [0.29, 0.717) is 19.5 Å². The molecule has 0 aliphatic carbocycles. The summed E-state index contributed by atoms with van der Waals surface area (Å²) in [6, 6.07) is 0. The van der Waals surface area contributed by atoms with Gasteiger partial charge in [0.25, 0.3) is 0 Å². The standard InChI is InChI=1S/C10H21N3O2/c1-5-13(7-6-8(11)12-15)9(14)10(2,3)4/h15H,5-7H2,1-4H3,(H2,11,12). The SMILES string of the molecule is CCN(CCC(N)=NO)C(=O)C(C)(C)C. The lowest BCUT2D eigenvalue weighted by Gasteiger charge is -2.28. The highest BCUT2D eigenvalue weighted by molar-refractivity contribution is 5.83. The largest absolute Gasteiger partial charge is 0.409 e. The van der Waals surface area contributed by atoms with Crippen molar-refractivity contribution in [1.29, 1.82) is 0 Å². The van der Waals surface area contributed by atoms with Gasteiger partial charge >= 0.3 is 0 Å². The van der Waals surface area contributed by atoms with E-state index < -0.39 is 0 Å². The van der Waals surface area contributed by atoms with E-state index in [1.54, 1.807) is 4.90 Å². The Morgan fingerprint density at radius 1 is 1.47 bits per heavy atom. The number of amides is 1. The Bertz CT molecular complexity index is 244. The molecule has 0 atom stereocenters. The van der Waals surface area contributed by atoms with E-state index in [0.717, 1.165) is 0 Å². The molecule has 0 heterocycles. The Balaban J connectivity index is 4.33. The van der Waals surface area contributed by atoms with E-state index in [1.165, 1.54) is 0 Å². The molecule has 0 unspecified atom stereocenters. The average Bonchev–Trinajstić information content (AvgIpc) is 2.16. The molecule has 1 amide bonds. The second kappa shape index (κ2) is 5.58. The number of carbonyl (C=O) groups is 1. The van der Waals surface area contributed by atoms with Crippen LogP contribution in [-0.4, -0.2) is 34.9 Å². The molecule has 15 heavy (non-hydrogen) atoms. The van der Waals surface area contributed by atoms with Crippen molar-refractivity contribution in [3.63, 3.8) is 0 Å². The third kappa shape index (κ3) is 4.67. The molecular weight excluding hydrogens is 194 g/mol. The molecule has 0 saturated carbocycles. The van der Waals surface area contributed by atoms with Gasteiger partial charge in [-0.3, -0.25) is 4.79 Å². The summed E-state index contributed by atoms with van der Waals surface area (Å²) in [5, 5.41) is 11.3. The molecule has 0 saturated heterocycles. The van der Waals surface area contributed by atoms with Crippen LogP contribution in [0.5, 0.6) is 0 Å². The van der Waals surface area contributed by atoms with Crippen LogP contribution in [0.4, 0.5) is 0 Å². The van der Waals surface area contributed by atoms with Gasteiger partial charge in [-0.1, -0.05) is 25.9 Å². The lowest BCUT2D eigenvalue weighted by Crippen LogP contribution is -2.40. The number of carbonyl (C=O) groups excluding carboxylic acids is 1. The highest BCUT2D eigenvalue weighted by Gasteiger charge is 2.25. The molecule has 3 N–H and O–H groups in total. The number of nitrogens with zero attached hydrogens (tertiary/aromatic N) is 2. The zero-order valence-corrected chi connectivity index (χ0v) is 9.95. The summed E-state index contributed by atoms with van der Waals surface area (Å²) < 4.78 is 0. The Labute approximate surface area is 90.9 Å². The summed E-state index contributed by atoms with van der Waals surface area (Å²) in [7, 11) is 0. The van der Waals surface area contributed by atoms with Gasteiger partial charge in [-0.15, -0.1) is 0 Å². The van der Waals surface area contributed by atoms with Crippen LogP contribution >= 0.6 is 0 Å². The Morgan fingerprint density at radius 3 is 2.33 bits per heavy atom. The number of hydrogen-bond donors (Lipinski definition) is 2. The van der Waals surface area contributed by atoms with Crippen molar-refractivity contribution in [1.82, 2.24) is 4.90 Å². The predicted molar refractivity (Wildman–Crippen MR) is 59.7 cm³/mol. The molecule has 0 aromatic carbocycles. The first-order valence-corrected chi connectivity index (χ1v) is 5.08. The van der Waals surface area contributed by atoms with Crippen LogP contribution < -0.4 is 5.73 Å². The summed E-state index contributed by atoms with van der Waals surface area (Å²) in [5.74, 6) is 0.228. The summed E-state index contributed by atoms with van der Waals surface area (Å²) in [5.41, 5.74) is 4.96. The Morgan fingerprint density at radius 2 is 2.00 bits per heavy atom. The second-order valence-electron chi connectivity index (χ2n) is 4.48. The van der Waals surface area contributed by atoms with E-state index in [1.807, 2.05) is 27.7 Å². The minimum atomic E-state index is -0.388. The summed E-state index contributed by atoms with van der Waals surface area (Å²) in [4.78, 5) is 13.6. The van der Waals surface area contributed by atoms with Crippen LogP contribution in [0.2, 0.25) is 0 Å². The van der Waals surface area contributed by atoms with E-state index in [2.05, 4.69) is 5.16 Å². The molecule has 0 radical (unpaired) electrons. The fourth-order valence-corrected chi connectivity index (χ4v) is 1.18. The first-order valence-electron chi connectivity index (χ1n) is 5.08. The first kappa shape index (κ1) is 13.7. The fourth-order valence-electron chi connectivity index (χ4n) is 1.18. The fraction of sp³-hybridized carbons (Fsp3) is 0.800. The third-order valence-electron chi connectivity index (χ3n) is 2.08. The van der Waals surface area contributed by atoms with Crippen molar-refractivity contribution in [2.75, 3.05) is 13.1 Å². The van der Waals surface area contributed by atoms with Crippen LogP contribution in [0.3, 0.4) is 0 Å². The zero-order valence-electron chi connectivity index (χ0n) is 9.95. The van der Waals surface area contributed by atoms with Crippen molar-refractivity contribution in [2.45, 2.75) is 34.1 Å². The Kier molecular flexibility index (Phi) is 5.11. The molecule has 88 valence electrons. The smallest absolute Gasteiger partial charge is 0.227 e. The summed E-state index contributed by atoms with van der Waals surface area (Å²) >= 11 is 0. The maximum atomic E-state index is 11.9. The maximum absolute atomic E-state index is 11.9. The second-order valence-corrected chi connectivity index (χ2v) is 4.48. The lowest BCUT2D eigenvalue weighted by atomic mass is 9.94. The number of amidine groups is 1. The van der Waals surface area contributed by atoms with Crippen molar-refractivity contribution < 1.29 is 10.0 Å². The van der Waals surface area contributed by atoms with Gasteiger partial charge in [0, 0.05) is 24.9 Å². The van der Waals surface area contributed by atoms with E-state index in [4.69, 9.17) is 10.9 Å². The van der Waals surface area contributed by atoms with Crippen molar-refractivity contribution in [3.8, 4) is 0 Å².